The molecule has 0 unspecified atom stereocenters. The predicted octanol–water partition coefficient (Wildman–Crippen LogP) is 1.74. The van der Waals surface area contributed by atoms with Crippen molar-refractivity contribution in [2.75, 3.05) is 0 Å². The van der Waals surface area contributed by atoms with Gasteiger partial charge in [-0.25, -0.2) is 0 Å². The molecule has 0 bridgehead atoms. The molecule has 1 aliphatic rings. The van der Waals surface area contributed by atoms with Gasteiger partial charge in [0, 0.05) is 5.54 Å². The molecule has 1 aliphatic heterocycles. The molecule has 0 spiro atoms. The van der Waals surface area contributed by atoms with E-state index in [1.165, 1.54) is 5.57 Å². The van der Waals surface area contributed by atoms with Gasteiger partial charge < -0.3 is 0 Å². The highest BCUT2D eigenvalue weighted by Crippen LogP contribution is 2.17. The molecule has 0 aromatic heterocycles. The van der Waals surface area contributed by atoms with E-state index < -0.39 is 0 Å². The molecule has 0 amide bonds. The molecule has 0 aromatic rings. The van der Waals surface area contributed by atoms with Crippen LogP contribution in [-0.4, -0.2) is 5.54 Å². The largest absolute Gasteiger partial charge is 0.299 e. The second-order valence-corrected chi connectivity index (χ2v) is 3.19. The zero-order chi connectivity index (χ0) is 6.91. The maximum absolute atomic E-state index is 3.16. The van der Waals surface area contributed by atoms with Crippen molar-refractivity contribution < 1.29 is 0 Å². The second-order valence-electron chi connectivity index (χ2n) is 3.19. The van der Waals surface area contributed by atoms with Gasteiger partial charge in [-0.2, -0.15) is 0 Å². The summed E-state index contributed by atoms with van der Waals surface area (Å²) in [7, 11) is 0. The Kier molecular flexibility index (Phi) is 1.62. The molecule has 1 N–H and O–H groups in total. The zero-order valence-electron chi connectivity index (χ0n) is 6.28. The standard InChI is InChI=1S/C8H13N/c1-7-4-5-9-8(2,3)6-7/h6,9H,4H2,1-3H3. The first-order valence-corrected chi connectivity index (χ1v) is 3.28. The maximum Gasteiger partial charge on any atom is 0.0637 e. The van der Waals surface area contributed by atoms with Crippen molar-refractivity contribution in [2.24, 2.45) is 0 Å². The minimum Gasteiger partial charge on any atom is -0.299 e. The Morgan fingerprint density at radius 1 is 1.67 bits per heavy atom. The van der Waals surface area contributed by atoms with Crippen LogP contribution in [0.2, 0.25) is 0 Å². The summed E-state index contributed by atoms with van der Waals surface area (Å²) >= 11 is 0. The molecule has 1 rings (SSSR count). The van der Waals surface area contributed by atoms with Gasteiger partial charge in [0.1, 0.15) is 0 Å². The van der Waals surface area contributed by atoms with Crippen molar-refractivity contribution in [3.05, 3.63) is 18.2 Å². The minimum absolute atomic E-state index is 0.127. The van der Waals surface area contributed by atoms with Crippen molar-refractivity contribution in [1.82, 2.24) is 5.32 Å². The fourth-order valence-electron chi connectivity index (χ4n) is 1.11. The summed E-state index contributed by atoms with van der Waals surface area (Å²) in [6.45, 7) is 9.52. The second kappa shape index (κ2) is 2.14. The van der Waals surface area contributed by atoms with Crippen LogP contribution < -0.4 is 5.32 Å². The molecule has 1 heteroatoms. The van der Waals surface area contributed by atoms with Gasteiger partial charge in [0.2, 0.25) is 0 Å². The summed E-state index contributed by atoms with van der Waals surface area (Å²) < 4.78 is 0. The monoisotopic (exact) mass is 123 g/mol. The van der Waals surface area contributed by atoms with Crippen molar-refractivity contribution in [3.63, 3.8) is 0 Å². The Hall–Kier alpha value is -0.300. The van der Waals surface area contributed by atoms with Crippen LogP contribution in [0.4, 0.5) is 0 Å². The lowest BCUT2D eigenvalue weighted by Gasteiger charge is -2.27. The van der Waals surface area contributed by atoms with Gasteiger partial charge in [0.25, 0.3) is 0 Å². The SMILES string of the molecule is CC1=CC(C)(C)N[C]C1. The van der Waals surface area contributed by atoms with E-state index in [1.54, 1.807) is 0 Å². The third kappa shape index (κ3) is 1.83. The predicted molar refractivity (Wildman–Crippen MR) is 38.8 cm³/mol. The Labute approximate surface area is 57.1 Å². The quantitative estimate of drug-likeness (QED) is 0.484. The lowest BCUT2D eigenvalue weighted by atomic mass is 9.96. The van der Waals surface area contributed by atoms with E-state index in [-0.39, 0.29) is 5.54 Å². The van der Waals surface area contributed by atoms with Crippen molar-refractivity contribution in [1.29, 1.82) is 0 Å². The average molecular weight is 123 g/mol. The fraction of sp³-hybridized carbons (Fsp3) is 0.625. The molecule has 0 aliphatic carbocycles. The van der Waals surface area contributed by atoms with Crippen LogP contribution in [0.25, 0.3) is 0 Å². The van der Waals surface area contributed by atoms with Gasteiger partial charge in [-0.15, -0.1) is 0 Å². The van der Waals surface area contributed by atoms with E-state index in [2.05, 4.69) is 38.7 Å². The van der Waals surface area contributed by atoms with Gasteiger partial charge in [-0.3, -0.25) is 5.32 Å². The minimum atomic E-state index is 0.127. The van der Waals surface area contributed by atoms with E-state index in [0.29, 0.717) is 0 Å². The molecule has 0 fully saturated rings. The van der Waals surface area contributed by atoms with Crippen LogP contribution in [0, 0.1) is 6.54 Å². The highest BCUT2D eigenvalue weighted by Gasteiger charge is 2.17. The Bertz CT molecular complexity index is 134. The summed E-state index contributed by atoms with van der Waals surface area (Å²) in [6.07, 6.45) is 3.20. The van der Waals surface area contributed by atoms with Gasteiger partial charge in [-0.1, -0.05) is 11.6 Å². The van der Waals surface area contributed by atoms with Crippen molar-refractivity contribution >= 4 is 0 Å². The summed E-state index contributed by atoms with van der Waals surface area (Å²) in [6, 6.07) is 0. The van der Waals surface area contributed by atoms with Crippen LogP contribution in [0.1, 0.15) is 27.2 Å². The molecule has 0 saturated heterocycles. The van der Waals surface area contributed by atoms with Crippen LogP contribution in [-0.2, 0) is 0 Å². The Balaban J connectivity index is 2.68. The van der Waals surface area contributed by atoms with E-state index >= 15 is 0 Å². The first-order valence-electron chi connectivity index (χ1n) is 3.28. The fourth-order valence-corrected chi connectivity index (χ4v) is 1.11. The zero-order valence-corrected chi connectivity index (χ0v) is 6.28. The average Bonchev–Trinajstić information content (AvgIpc) is 1.60. The van der Waals surface area contributed by atoms with E-state index in [0.717, 1.165) is 6.42 Å². The van der Waals surface area contributed by atoms with E-state index in [1.807, 2.05) is 0 Å². The van der Waals surface area contributed by atoms with Gasteiger partial charge in [0.05, 0.1) is 6.54 Å². The molecule has 50 valence electrons. The van der Waals surface area contributed by atoms with Crippen LogP contribution in [0.3, 0.4) is 0 Å². The molecule has 2 radical (unpaired) electrons. The number of hydrogen-bond acceptors (Lipinski definition) is 1. The summed E-state index contributed by atoms with van der Waals surface area (Å²) in [4.78, 5) is 0. The highest BCUT2D eigenvalue weighted by atomic mass is 14.9. The van der Waals surface area contributed by atoms with Gasteiger partial charge >= 0.3 is 0 Å². The Morgan fingerprint density at radius 2 is 2.33 bits per heavy atom. The molecule has 9 heavy (non-hydrogen) atoms. The molecular formula is C8H13N. The maximum atomic E-state index is 3.16. The highest BCUT2D eigenvalue weighted by molar-refractivity contribution is 5.16. The topological polar surface area (TPSA) is 12.0 Å². The number of rotatable bonds is 0. The molecule has 0 atom stereocenters. The first-order chi connectivity index (χ1) is 4.10. The summed E-state index contributed by atoms with van der Waals surface area (Å²) in [5.41, 5.74) is 1.53. The molecular weight excluding hydrogens is 110 g/mol. The summed E-state index contributed by atoms with van der Waals surface area (Å²) in [5.74, 6) is 0. The van der Waals surface area contributed by atoms with Crippen LogP contribution in [0.15, 0.2) is 11.6 Å². The molecule has 1 heterocycles. The number of hydrogen-bond donors (Lipinski definition) is 1. The lowest BCUT2D eigenvalue weighted by molar-refractivity contribution is 0.496. The molecule has 0 saturated carbocycles. The third-order valence-corrected chi connectivity index (χ3v) is 1.39. The van der Waals surface area contributed by atoms with Crippen LogP contribution in [0.5, 0.6) is 0 Å². The van der Waals surface area contributed by atoms with E-state index in [4.69, 9.17) is 0 Å². The van der Waals surface area contributed by atoms with E-state index in [9.17, 15) is 0 Å². The lowest BCUT2D eigenvalue weighted by Crippen LogP contribution is -2.38. The van der Waals surface area contributed by atoms with Crippen LogP contribution >= 0.6 is 0 Å². The third-order valence-electron chi connectivity index (χ3n) is 1.39. The number of nitrogens with one attached hydrogen (secondary N) is 1. The summed E-state index contributed by atoms with van der Waals surface area (Å²) in [5, 5.41) is 3.16. The molecule has 1 nitrogen and oxygen atoms in total. The van der Waals surface area contributed by atoms with Crippen molar-refractivity contribution in [2.45, 2.75) is 32.7 Å². The molecule has 0 aromatic carbocycles. The van der Waals surface area contributed by atoms with Gasteiger partial charge in [-0.05, 0) is 27.2 Å². The first kappa shape index (κ1) is 6.81. The smallest absolute Gasteiger partial charge is 0.0637 e. The normalized spacial score (nSPS) is 25.4. The Morgan fingerprint density at radius 3 is 2.67 bits per heavy atom. The van der Waals surface area contributed by atoms with Gasteiger partial charge in [0.15, 0.2) is 0 Å². The van der Waals surface area contributed by atoms with Crippen molar-refractivity contribution in [3.8, 4) is 0 Å².